The fraction of sp³-hybridized carbons (Fsp3) is 0.375. The highest BCUT2D eigenvalue weighted by Gasteiger charge is 2.34. The zero-order valence-corrected chi connectivity index (χ0v) is 14.9. The first-order valence-electron chi connectivity index (χ1n) is 7.12. The number of nitrogens with zero attached hydrogens (tertiary/aromatic N) is 1. The SMILES string of the molecule is CC(C)CCCN1C(=O)SC(=Cc2ccc(O)c(Br)c2)C1=O. The van der Waals surface area contributed by atoms with Crippen molar-refractivity contribution in [1.29, 1.82) is 0 Å². The van der Waals surface area contributed by atoms with E-state index in [-0.39, 0.29) is 16.9 Å². The molecule has 0 saturated carbocycles. The van der Waals surface area contributed by atoms with Crippen LogP contribution in [0.25, 0.3) is 6.08 Å². The van der Waals surface area contributed by atoms with E-state index in [1.54, 1.807) is 24.3 Å². The molecule has 4 nitrogen and oxygen atoms in total. The molecule has 1 aliphatic heterocycles. The topological polar surface area (TPSA) is 57.6 Å². The second-order valence-electron chi connectivity index (χ2n) is 5.58. The van der Waals surface area contributed by atoms with Crippen molar-refractivity contribution in [3.8, 4) is 5.75 Å². The maximum absolute atomic E-state index is 12.3. The molecule has 2 rings (SSSR count). The van der Waals surface area contributed by atoms with Gasteiger partial charge in [-0.1, -0.05) is 19.9 Å². The lowest BCUT2D eigenvalue weighted by Gasteiger charge is -2.12. The minimum atomic E-state index is -0.233. The molecule has 1 saturated heterocycles. The van der Waals surface area contributed by atoms with Gasteiger partial charge in [-0.2, -0.15) is 0 Å². The van der Waals surface area contributed by atoms with Gasteiger partial charge < -0.3 is 5.11 Å². The number of phenolic OH excluding ortho intramolecular Hbond substituents is 1. The van der Waals surface area contributed by atoms with Crippen molar-refractivity contribution in [3.63, 3.8) is 0 Å². The molecular formula is C16H18BrNO3S. The summed E-state index contributed by atoms with van der Waals surface area (Å²) in [5, 5.41) is 9.27. The molecule has 0 bridgehead atoms. The molecule has 1 aromatic rings. The van der Waals surface area contributed by atoms with Crippen LogP contribution in [0.5, 0.6) is 5.75 Å². The molecule has 6 heteroatoms. The Morgan fingerprint density at radius 1 is 1.36 bits per heavy atom. The van der Waals surface area contributed by atoms with Crippen molar-refractivity contribution in [2.24, 2.45) is 5.92 Å². The van der Waals surface area contributed by atoms with Crippen molar-refractivity contribution < 1.29 is 14.7 Å². The molecule has 1 fully saturated rings. The van der Waals surface area contributed by atoms with E-state index >= 15 is 0 Å². The van der Waals surface area contributed by atoms with Crippen LogP contribution in [0.2, 0.25) is 0 Å². The Hall–Kier alpha value is -1.27. The summed E-state index contributed by atoms with van der Waals surface area (Å²) in [4.78, 5) is 26.0. The molecule has 1 heterocycles. The maximum atomic E-state index is 12.3. The van der Waals surface area contributed by atoms with E-state index in [1.807, 2.05) is 0 Å². The molecule has 22 heavy (non-hydrogen) atoms. The molecule has 0 spiro atoms. The van der Waals surface area contributed by atoms with Crippen molar-refractivity contribution >= 4 is 44.9 Å². The number of thioether (sulfide) groups is 1. The largest absolute Gasteiger partial charge is 0.507 e. The number of amides is 2. The van der Waals surface area contributed by atoms with Gasteiger partial charge in [0.15, 0.2) is 0 Å². The monoisotopic (exact) mass is 383 g/mol. The third-order valence-corrected chi connectivity index (χ3v) is 4.85. The second-order valence-corrected chi connectivity index (χ2v) is 7.43. The van der Waals surface area contributed by atoms with E-state index in [4.69, 9.17) is 0 Å². The smallest absolute Gasteiger partial charge is 0.293 e. The van der Waals surface area contributed by atoms with Gasteiger partial charge >= 0.3 is 0 Å². The Morgan fingerprint density at radius 3 is 2.73 bits per heavy atom. The Kier molecular flexibility index (Phi) is 5.69. The van der Waals surface area contributed by atoms with Gasteiger partial charge in [0.05, 0.1) is 9.38 Å². The summed E-state index contributed by atoms with van der Waals surface area (Å²) in [6.45, 7) is 4.71. The molecule has 2 amide bonds. The number of imide groups is 1. The maximum Gasteiger partial charge on any atom is 0.293 e. The summed E-state index contributed by atoms with van der Waals surface area (Å²) in [5.74, 6) is 0.465. The summed E-state index contributed by atoms with van der Waals surface area (Å²) in [7, 11) is 0. The van der Waals surface area contributed by atoms with Crippen LogP contribution in [0.1, 0.15) is 32.3 Å². The Labute approximate surface area is 142 Å². The van der Waals surface area contributed by atoms with E-state index < -0.39 is 0 Å². The van der Waals surface area contributed by atoms with Gasteiger partial charge in [0.2, 0.25) is 0 Å². The summed E-state index contributed by atoms with van der Waals surface area (Å²) >= 11 is 4.20. The van der Waals surface area contributed by atoms with Gasteiger partial charge in [-0.15, -0.1) is 0 Å². The number of hydrogen-bond acceptors (Lipinski definition) is 4. The normalized spacial score (nSPS) is 17.1. The first kappa shape index (κ1) is 17.1. The lowest BCUT2D eigenvalue weighted by Crippen LogP contribution is -2.29. The van der Waals surface area contributed by atoms with E-state index in [0.717, 1.165) is 30.2 Å². The lowest BCUT2D eigenvalue weighted by atomic mass is 10.1. The van der Waals surface area contributed by atoms with Crippen molar-refractivity contribution in [3.05, 3.63) is 33.1 Å². The number of rotatable bonds is 5. The van der Waals surface area contributed by atoms with Crippen molar-refractivity contribution in [2.75, 3.05) is 6.54 Å². The molecule has 0 unspecified atom stereocenters. The fourth-order valence-corrected chi connectivity index (χ4v) is 3.38. The van der Waals surface area contributed by atoms with Crippen molar-refractivity contribution in [1.82, 2.24) is 4.90 Å². The first-order chi connectivity index (χ1) is 10.4. The quantitative estimate of drug-likeness (QED) is 0.753. The third kappa shape index (κ3) is 4.14. The van der Waals surface area contributed by atoms with Crippen LogP contribution in [-0.4, -0.2) is 27.7 Å². The van der Waals surface area contributed by atoms with Crippen LogP contribution >= 0.6 is 27.7 Å². The third-order valence-electron chi connectivity index (χ3n) is 3.31. The number of aromatic hydroxyl groups is 1. The predicted octanol–water partition coefficient (Wildman–Crippen LogP) is 4.63. The minimum absolute atomic E-state index is 0.138. The molecule has 0 radical (unpaired) electrons. The molecule has 1 N–H and O–H groups in total. The van der Waals surface area contributed by atoms with E-state index in [0.29, 0.717) is 21.8 Å². The zero-order valence-electron chi connectivity index (χ0n) is 12.5. The number of phenols is 1. The molecule has 1 aliphatic rings. The molecule has 0 aromatic heterocycles. The fourth-order valence-electron chi connectivity index (χ4n) is 2.11. The van der Waals surface area contributed by atoms with Gasteiger partial charge in [-0.25, -0.2) is 0 Å². The van der Waals surface area contributed by atoms with Gasteiger partial charge in [-0.3, -0.25) is 14.5 Å². The van der Waals surface area contributed by atoms with E-state index in [9.17, 15) is 14.7 Å². The van der Waals surface area contributed by atoms with Gasteiger partial charge in [-0.05, 0) is 70.2 Å². The number of benzene rings is 1. The van der Waals surface area contributed by atoms with E-state index in [1.165, 1.54) is 4.90 Å². The van der Waals surface area contributed by atoms with Crippen LogP contribution in [0, 0.1) is 5.92 Å². The average Bonchev–Trinajstić information content (AvgIpc) is 2.70. The standard InChI is InChI=1S/C16H18BrNO3S/c1-10(2)4-3-7-18-15(20)14(22-16(18)21)9-11-5-6-13(19)12(17)8-11/h5-6,8-10,19H,3-4,7H2,1-2H3. The van der Waals surface area contributed by atoms with Gasteiger partial charge in [0, 0.05) is 6.54 Å². The van der Waals surface area contributed by atoms with Crippen LogP contribution in [0.3, 0.4) is 0 Å². The summed E-state index contributed by atoms with van der Waals surface area (Å²) in [5.41, 5.74) is 0.761. The van der Waals surface area contributed by atoms with Crippen LogP contribution in [0.4, 0.5) is 4.79 Å². The molecule has 118 valence electrons. The summed E-state index contributed by atoms with van der Waals surface area (Å²) in [6.07, 6.45) is 3.50. The molecule has 1 aromatic carbocycles. The second kappa shape index (κ2) is 7.33. The Morgan fingerprint density at radius 2 is 2.09 bits per heavy atom. The number of carbonyl (C=O) groups is 2. The van der Waals surface area contributed by atoms with E-state index in [2.05, 4.69) is 29.8 Å². The zero-order chi connectivity index (χ0) is 16.3. The number of hydrogen-bond donors (Lipinski definition) is 1. The average molecular weight is 384 g/mol. The Balaban J connectivity index is 2.10. The lowest BCUT2D eigenvalue weighted by molar-refractivity contribution is -0.122. The summed E-state index contributed by atoms with van der Waals surface area (Å²) < 4.78 is 0.553. The van der Waals surface area contributed by atoms with Crippen molar-refractivity contribution in [2.45, 2.75) is 26.7 Å². The molecule has 0 aliphatic carbocycles. The van der Waals surface area contributed by atoms with Crippen LogP contribution < -0.4 is 0 Å². The predicted molar refractivity (Wildman–Crippen MR) is 92.6 cm³/mol. The number of halogens is 1. The highest BCUT2D eigenvalue weighted by Crippen LogP contribution is 2.33. The molecule has 0 atom stereocenters. The Bertz CT molecular complexity index is 628. The summed E-state index contributed by atoms with van der Waals surface area (Å²) in [6, 6.07) is 4.96. The van der Waals surface area contributed by atoms with Crippen LogP contribution in [0.15, 0.2) is 27.6 Å². The highest BCUT2D eigenvalue weighted by molar-refractivity contribution is 9.10. The minimum Gasteiger partial charge on any atom is -0.507 e. The number of carbonyl (C=O) groups excluding carboxylic acids is 2. The van der Waals surface area contributed by atoms with Gasteiger partial charge in [0.1, 0.15) is 5.75 Å². The molecular weight excluding hydrogens is 366 g/mol. The van der Waals surface area contributed by atoms with Crippen LogP contribution in [-0.2, 0) is 4.79 Å². The first-order valence-corrected chi connectivity index (χ1v) is 8.73. The highest BCUT2D eigenvalue weighted by atomic mass is 79.9. The van der Waals surface area contributed by atoms with Gasteiger partial charge in [0.25, 0.3) is 11.1 Å².